The average Bonchev–Trinajstić information content (AvgIpc) is 3.66. The molecule has 1 aliphatic carbocycles. The summed E-state index contributed by atoms with van der Waals surface area (Å²) in [5.74, 6) is -0.164. The van der Waals surface area contributed by atoms with Gasteiger partial charge in [0.15, 0.2) is 29.3 Å². The van der Waals surface area contributed by atoms with E-state index in [9.17, 15) is 18.4 Å². The third kappa shape index (κ3) is 7.38. The van der Waals surface area contributed by atoms with Crippen LogP contribution in [0.5, 0.6) is 11.5 Å². The molecule has 216 valence electrons. The Morgan fingerprint density at radius 3 is 2.59 bits per heavy atom. The predicted octanol–water partition coefficient (Wildman–Crippen LogP) is 5.64. The molecule has 1 amide bonds. The second-order valence-corrected chi connectivity index (χ2v) is 11.5. The Kier molecular flexibility index (Phi) is 9.46. The number of nitrogens with zero attached hydrogens (tertiary/aromatic N) is 2. The Morgan fingerprint density at radius 1 is 1.12 bits per heavy atom. The molecule has 1 aromatic carbocycles. The minimum atomic E-state index is -3.04. The quantitative estimate of drug-likeness (QED) is 0.255. The lowest BCUT2D eigenvalue weighted by Crippen LogP contribution is -2.41. The molecule has 1 N–H and O–H groups in total. The highest BCUT2D eigenvalue weighted by molar-refractivity contribution is 8.00. The average molecular weight is 626 g/mol. The van der Waals surface area contributed by atoms with Gasteiger partial charge in [-0.25, -0.2) is 9.78 Å². The molecule has 1 unspecified atom stereocenters. The molecule has 1 aliphatic heterocycles. The highest BCUT2D eigenvalue weighted by Gasteiger charge is 2.38. The zero-order valence-corrected chi connectivity index (χ0v) is 23.9. The highest BCUT2D eigenvalue weighted by Crippen LogP contribution is 2.38. The molecule has 1 saturated carbocycles. The maximum atomic E-state index is 13.6. The van der Waals surface area contributed by atoms with Crippen molar-refractivity contribution in [2.45, 2.75) is 37.4 Å². The SMILES string of the molecule is O=C(O[C@@H](Cc1c(Cl)c[nH+]cc1Cl)c1ccc(OC(F)F)c(OCC2CC2)c1)C1SCCN1C(=O)c1ccccn1. The largest absolute Gasteiger partial charge is 0.489 e. The number of carbonyl (C=O) groups excluding carboxylic acids is 2. The van der Waals surface area contributed by atoms with Crippen molar-refractivity contribution in [1.29, 1.82) is 0 Å². The first-order valence-electron chi connectivity index (χ1n) is 12.9. The number of alkyl halides is 2. The summed E-state index contributed by atoms with van der Waals surface area (Å²) in [6.07, 6.45) is 5.73. The van der Waals surface area contributed by atoms with Gasteiger partial charge >= 0.3 is 12.6 Å². The van der Waals surface area contributed by atoms with Gasteiger partial charge in [-0.3, -0.25) is 9.78 Å². The third-order valence-corrected chi connectivity index (χ3v) is 8.46. The first-order valence-corrected chi connectivity index (χ1v) is 14.7. The molecule has 2 atom stereocenters. The summed E-state index contributed by atoms with van der Waals surface area (Å²) in [6, 6.07) is 9.38. The number of amides is 1. The summed E-state index contributed by atoms with van der Waals surface area (Å²) in [7, 11) is 0. The molecular formula is C28H26Cl2F2N3O5S+. The summed E-state index contributed by atoms with van der Waals surface area (Å²) in [4.78, 5) is 35.1. The van der Waals surface area contributed by atoms with Crippen LogP contribution in [-0.2, 0) is 16.0 Å². The van der Waals surface area contributed by atoms with Crippen molar-refractivity contribution in [2.24, 2.45) is 5.92 Å². The monoisotopic (exact) mass is 624 g/mol. The molecule has 3 heterocycles. The van der Waals surface area contributed by atoms with E-state index >= 15 is 0 Å². The van der Waals surface area contributed by atoms with Gasteiger partial charge in [-0.2, -0.15) is 8.78 Å². The molecule has 8 nitrogen and oxygen atoms in total. The molecule has 2 aromatic heterocycles. The molecule has 3 aromatic rings. The first kappa shape index (κ1) is 29.3. The number of esters is 1. The van der Waals surface area contributed by atoms with Crippen LogP contribution in [0.1, 0.15) is 40.6 Å². The summed E-state index contributed by atoms with van der Waals surface area (Å²) in [6.45, 7) is -2.35. The van der Waals surface area contributed by atoms with Crippen LogP contribution in [-0.4, -0.2) is 52.7 Å². The number of benzene rings is 1. The van der Waals surface area contributed by atoms with E-state index in [1.807, 2.05) is 0 Å². The fourth-order valence-electron chi connectivity index (χ4n) is 4.32. The van der Waals surface area contributed by atoms with E-state index in [1.165, 1.54) is 41.1 Å². The van der Waals surface area contributed by atoms with Crippen molar-refractivity contribution in [1.82, 2.24) is 9.88 Å². The van der Waals surface area contributed by atoms with Crippen LogP contribution in [0, 0.1) is 5.92 Å². The van der Waals surface area contributed by atoms with Crippen molar-refractivity contribution in [3.8, 4) is 11.5 Å². The van der Waals surface area contributed by atoms with Crippen molar-refractivity contribution >= 4 is 46.8 Å². The molecule has 2 aliphatic rings. The van der Waals surface area contributed by atoms with Crippen LogP contribution in [0.25, 0.3) is 0 Å². The Labute approximate surface area is 249 Å². The number of rotatable bonds is 11. The number of aromatic nitrogens is 2. The van der Waals surface area contributed by atoms with Gasteiger partial charge in [-0.05, 0) is 48.6 Å². The number of ether oxygens (including phenoxy) is 3. The van der Waals surface area contributed by atoms with E-state index < -0.39 is 24.1 Å². The Hall–Kier alpha value is -3.15. The van der Waals surface area contributed by atoms with E-state index in [1.54, 1.807) is 30.6 Å². The molecule has 0 bridgehead atoms. The van der Waals surface area contributed by atoms with Gasteiger partial charge in [0.05, 0.1) is 6.61 Å². The van der Waals surface area contributed by atoms with Crippen LogP contribution in [0.2, 0.25) is 10.0 Å². The van der Waals surface area contributed by atoms with Crippen molar-refractivity contribution in [3.63, 3.8) is 0 Å². The number of hydrogen-bond donors (Lipinski definition) is 0. The van der Waals surface area contributed by atoms with Crippen LogP contribution >= 0.6 is 35.0 Å². The maximum Gasteiger partial charge on any atom is 0.387 e. The molecular weight excluding hydrogens is 599 g/mol. The predicted molar refractivity (Wildman–Crippen MR) is 148 cm³/mol. The number of aromatic amines is 1. The number of pyridine rings is 2. The van der Waals surface area contributed by atoms with Gasteiger partial charge < -0.3 is 19.1 Å². The second-order valence-electron chi connectivity index (χ2n) is 9.54. The number of nitrogens with one attached hydrogen (secondary N) is 1. The van der Waals surface area contributed by atoms with Gasteiger partial charge in [-0.1, -0.05) is 35.3 Å². The molecule has 0 spiro atoms. The Morgan fingerprint density at radius 2 is 1.90 bits per heavy atom. The molecule has 41 heavy (non-hydrogen) atoms. The number of H-pyrrole nitrogens is 1. The van der Waals surface area contributed by atoms with E-state index in [-0.39, 0.29) is 29.5 Å². The first-order chi connectivity index (χ1) is 19.8. The minimum Gasteiger partial charge on any atom is -0.489 e. The summed E-state index contributed by atoms with van der Waals surface area (Å²) in [5, 5.41) is -0.263. The van der Waals surface area contributed by atoms with Crippen LogP contribution in [0.4, 0.5) is 8.78 Å². The maximum absolute atomic E-state index is 13.6. The van der Waals surface area contributed by atoms with Crippen molar-refractivity contribution in [2.75, 3.05) is 18.9 Å². The normalized spacial score (nSPS) is 17.4. The van der Waals surface area contributed by atoms with Gasteiger partial charge in [0.1, 0.15) is 21.8 Å². The van der Waals surface area contributed by atoms with Crippen LogP contribution in [0.15, 0.2) is 55.0 Å². The molecule has 5 rings (SSSR count). The molecule has 0 radical (unpaired) electrons. The molecule has 1 saturated heterocycles. The second kappa shape index (κ2) is 13.2. The summed E-state index contributed by atoms with van der Waals surface area (Å²) < 4.78 is 42.7. The number of hydrogen-bond acceptors (Lipinski definition) is 7. The van der Waals surface area contributed by atoms with Crippen LogP contribution < -0.4 is 14.5 Å². The third-order valence-electron chi connectivity index (χ3n) is 6.61. The zero-order valence-electron chi connectivity index (χ0n) is 21.6. The van der Waals surface area contributed by atoms with E-state index in [4.69, 9.17) is 32.7 Å². The Balaban J connectivity index is 1.44. The summed E-state index contributed by atoms with van der Waals surface area (Å²) >= 11 is 14.1. The van der Waals surface area contributed by atoms with E-state index in [0.717, 1.165) is 12.8 Å². The number of halogens is 4. The fourth-order valence-corrected chi connectivity index (χ4v) is 5.95. The number of carbonyl (C=O) groups is 2. The van der Waals surface area contributed by atoms with E-state index in [2.05, 4.69) is 14.7 Å². The fraction of sp³-hybridized carbons (Fsp3) is 0.357. The lowest BCUT2D eigenvalue weighted by atomic mass is 10.0. The Bertz CT molecular complexity index is 1380. The minimum absolute atomic E-state index is 0.0702. The van der Waals surface area contributed by atoms with Crippen molar-refractivity contribution in [3.05, 3.63) is 81.9 Å². The number of thioether (sulfide) groups is 1. The molecule has 2 fully saturated rings. The van der Waals surface area contributed by atoms with Gasteiger partial charge in [-0.15, -0.1) is 11.8 Å². The van der Waals surface area contributed by atoms with Gasteiger partial charge in [0.25, 0.3) is 5.91 Å². The van der Waals surface area contributed by atoms with Crippen LogP contribution in [0.3, 0.4) is 0 Å². The lowest BCUT2D eigenvalue weighted by molar-refractivity contribution is -0.377. The lowest BCUT2D eigenvalue weighted by Gasteiger charge is -2.26. The zero-order chi connectivity index (χ0) is 28.9. The standard InChI is InChI=1S/C28H25Cl2F2N3O5S/c29-19-13-33-14-20(30)18(19)12-23(17-6-7-22(40-28(31)32)24(11-17)38-15-16-4-5-16)39-27(37)26-35(9-10-41-26)25(36)21-3-1-2-8-34-21/h1-3,6-8,11,13-14,16,23,26,28H,4-5,9-10,12,15H2/p+1/t23-,26?/m0/s1. The highest BCUT2D eigenvalue weighted by atomic mass is 35.5. The van der Waals surface area contributed by atoms with Crippen molar-refractivity contribution < 1.29 is 37.6 Å². The van der Waals surface area contributed by atoms with E-state index in [0.29, 0.717) is 46.0 Å². The topological polar surface area (TPSA) is 92.1 Å². The van der Waals surface area contributed by atoms with Gasteiger partial charge in [0.2, 0.25) is 0 Å². The molecule has 13 heteroatoms. The van der Waals surface area contributed by atoms with Gasteiger partial charge in [0, 0.05) is 30.5 Å². The summed E-state index contributed by atoms with van der Waals surface area (Å²) in [5.41, 5.74) is 1.19. The smallest absolute Gasteiger partial charge is 0.387 e.